The Morgan fingerprint density at radius 2 is 1.53 bits per heavy atom. The van der Waals surface area contributed by atoms with E-state index in [9.17, 15) is 0 Å². The van der Waals surface area contributed by atoms with E-state index >= 15 is 0 Å². The van der Waals surface area contributed by atoms with Gasteiger partial charge in [0.1, 0.15) is 0 Å². The van der Waals surface area contributed by atoms with Crippen LogP contribution in [0.15, 0.2) is 97.1 Å². The van der Waals surface area contributed by atoms with Crippen LogP contribution in [0.3, 0.4) is 0 Å². The van der Waals surface area contributed by atoms with Crippen LogP contribution in [0.4, 0.5) is 0 Å². The molecule has 4 aromatic carbocycles. The number of aromatic nitrogens is 1. The number of nitrogens with zero attached hydrogens (tertiary/aromatic N) is 1. The lowest BCUT2D eigenvalue weighted by molar-refractivity contribution is 1.01. The summed E-state index contributed by atoms with van der Waals surface area (Å²) in [4.78, 5) is 1.48. The van der Waals surface area contributed by atoms with E-state index in [2.05, 4.69) is 102 Å². The maximum atomic E-state index is 6.11. The van der Waals surface area contributed by atoms with Crippen molar-refractivity contribution >= 4 is 48.8 Å². The van der Waals surface area contributed by atoms with Crippen molar-refractivity contribution in [2.75, 3.05) is 0 Å². The van der Waals surface area contributed by atoms with Crippen LogP contribution in [0.1, 0.15) is 28.0 Å². The molecule has 6 aromatic rings. The monoisotopic (exact) mass is 456 g/mol. The molecule has 3 heteroatoms. The second kappa shape index (κ2) is 7.69. The van der Waals surface area contributed by atoms with Crippen LogP contribution in [-0.2, 0) is 13.0 Å². The number of benzene rings is 4. The molecule has 164 valence electrons. The molecule has 34 heavy (non-hydrogen) atoms. The fraction of sp³-hybridized carbons (Fsp3) is 0.0968. The fourth-order valence-electron chi connectivity index (χ4n) is 5.63. The Balaban J connectivity index is 1.59. The van der Waals surface area contributed by atoms with Crippen LogP contribution in [0.5, 0.6) is 0 Å². The zero-order valence-electron chi connectivity index (χ0n) is 18.8. The average Bonchev–Trinajstić information content (AvgIpc) is 3.45. The van der Waals surface area contributed by atoms with Crippen molar-refractivity contribution in [3.63, 3.8) is 0 Å². The lowest BCUT2D eigenvalue weighted by Crippen LogP contribution is -2.01. The largest absolute Gasteiger partial charge is 0.326 e. The van der Waals surface area contributed by atoms with Crippen molar-refractivity contribution in [1.29, 1.82) is 0 Å². The lowest BCUT2D eigenvalue weighted by atomic mass is 9.88. The Bertz CT molecular complexity index is 1730. The van der Waals surface area contributed by atoms with Gasteiger partial charge in [0, 0.05) is 49.1 Å². The summed E-state index contributed by atoms with van der Waals surface area (Å²) in [6.45, 7) is 0.577. The van der Waals surface area contributed by atoms with E-state index in [0.717, 1.165) is 12.8 Å². The Hall–Kier alpha value is -3.66. The smallest absolute Gasteiger partial charge is 0.0619 e. The first-order valence-corrected chi connectivity index (χ1v) is 12.7. The SMILES string of the molecule is NCc1cccc2c3c(sc12)CCC=C3c1cccc2c3ccccc3n(-c3ccccc3)c12. The first kappa shape index (κ1) is 19.8. The summed E-state index contributed by atoms with van der Waals surface area (Å²) < 4.78 is 3.79. The molecule has 2 heterocycles. The number of fused-ring (bicyclic) bond motifs is 6. The molecule has 0 saturated carbocycles. The van der Waals surface area contributed by atoms with Crippen LogP contribution in [0, 0.1) is 0 Å². The van der Waals surface area contributed by atoms with Gasteiger partial charge in [-0.2, -0.15) is 0 Å². The average molecular weight is 457 g/mol. The quantitative estimate of drug-likeness (QED) is 0.289. The maximum absolute atomic E-state index is 6.11. The zero-order chi connectivity index (χ0) is 22.6. The van der Waals surface area contributed by atoms with Crippen molar-refractivity contribution in [3.05, 3.63) is 119 Å². The normalized spacial score (nSPS) is 13.5. The number of nitrogens with two attached hydrogens (primary N) is 1. The van der Waals surface area contributed by atoms with Crippen LogP contribution < -0.4 is 5.73 Å². The molecule has 1 aliphatic rings. The molecule has 0 saturated heterocycles. The molecule has 0 radical (unpaired) electrons. The number of rotatable bonds is 3. The third-order valence-electron chi connectivity index (χ3n) is 7.08. The molecule has 0 amide bonds. The molecule has 0 unspecified atom stereocenters. The highest BCUT2D eigenvalue weighted by atomic mass is 32.1. The number of allylic oxidation sites excluding steroid dienone is 1. The molecule has 0 fully saturated rings. The molecule has 0 atom stereocenters. The molecule has 2 nitrogen and oxygen atoms in total. The molecule has 0 bridgehead atoms. The van der Waals surface area contributed by atoms with Gasteiger partial charge in [-0.25, -0.2) is 0 Å². The molecule has 0 aliphatic heterocycles. The van der Waals surface area contributed by atoms with Gasteiger partial charge >= 0.3 is 0 Å². The minimum absolute atomic E-state index is 0.577. The molecular formula is C31H24N2S. The zero-order valence-corrected chi connectivity index (χ0v) is 19.6. The van der Waals surface area contributed by atoms with Gasteiger partial charge in [-0.1, -0.05) is 78.9 Å². The third kappa shape index (κ3) is 2.78. The van der Waals surface area contributed by atoms with Crippen molar-refractivity contribution in [2.24, 2.45) is 5.73 Å². The topological polar surface area (TPSA) is 30.9 Å². The highest BCUT2D eigenvalue weighted by Gasteiger charge is 2.24. The molecule has 7 rings (SSSR count). The minimum atomic E-state index is 0.577. The number of hydrogen-bond donors (Lipinski definition) is 1. The van der Waals surface area contributed by atoms with E-state index in [1.807, 2.05) is 11.3 Å². The molecular weight excluding hydrogens is 432 g/mol. The Morgan fingerprint density at radius 1 is 0.765 bits per heavy atom. The predicted molar refractivity (Wildman–Crippen MR) is 146 cm³/mol. The van der Waals surface area contributed by atoms with Crippen LogP contribution >= 0.6 is 11.3 Å². The summed E-state index contributed by atoms with van der Waals surface area (Å²) in [7, 11) is 0. The lowest BCUT2D eigenvalue weighted by Gasteiger charge is -2.18. The Morgan fingerprint density at radius 3 is 2.41 bits per heavy atom. The Kier molecular flexibility index (Phi) is 4.48. The second-order valence-corrected chi connectivity index (χ2v) is 10.0. The van der Waals surface area contributed by atoms with E-state index in [4.69, 9.17) is 5.73 Å². The summed E-state index contributed by atoms with van der Waals surface area (Å²) in [5.41, 5.74) is 15.1. The summed E-state index contributed by atoms with van der Waals surface area (Å²) in [5.74, 6) is 0. The fourth-order valence-corrected chi connectivity index (χ4v) is 6.99. The standard InChI is InChI=1S/C31H24N2S/c32-19-20-9-6-16-26-29-23(13-8-18-28(29)34-31(20)26)25-15-7-14-24-22-12-4-5-17-27(22)33(30(24)25)21-10-2-1-3-11-21/h1-7,9-17H,8,18-19,32H2. The summed E-state index contributed by atoms with van der Waals surface area (Å²) in [6, 6.07) is 32.9. The van der Waals surface area contributed by atoms with Gasteiger partial charge < -0.3 is 10.3 Å². The maximum Gasteiger partial charge on any atom is 0.0619 e. The predicted octanol–water partition coefficient (Wildman–Crippen LogP) is 7.84. The van der Waals surface area contributed by atoms with Gasteiger partial charge in [0.15, 0.2) is 0 Å². The van der Waals surface area contributed by atoms with Crippen LogP contribution in [-0.4, -0.2) is 4.57 Å². The van der Waals surface area contributed by atoms with Crippen molar-refractivity contribution in [2.45, 2.75) is 19.4 Å². The van der Waals surface area contributed by atoms with Gasteiger partial charge in [-0.15, -0.1) is 11.3 Å². The van der Waals surface area contributed by atoms with Crippen molar-refractivity contribution in [1.82, 2.24) is 4.57 Å². The van der Waals surface area contributed by atoms with E-state index < -0.39 is 0 Å². The van der Waals surface area contributed by atoms with Crippen LogP contribution in [0.2, 0.25) is 0 Å². The van der Waals surface area contributed by atoms with Crippen molar-refractivity contribution < 1.29 is 0 Å². The molecule has 1 aliphatic carbocycles. The van der Waals surface area contributed by atoms with E-state index in [1.54, 1.807) is 0 Å². The van der Waals surface area contributed by atoms with E-state index in [1.165, 1.54) is 64.7 Å². The van der Waals surface area contributed by atoms with Crippen LogP contribution in [0.25, 0.3) is 43.2 Å². The van der Waals surface area contributed by atoms with Gasteiger partial charge in [0.25, 0.3) is 0 Å². The summed E-state index contributed by atoms with van der Waals surface area (Å²) in [6.07, 6.45) is 4.61. The highest BCUT2D eigenvalue weighted by molar-refractivity contribution is 7.19. The summed E-state index contributed by atoms with van der Waals surface area (Å²) in [5, 5.41) is 3.93. The van der Waals surface area contributed by atoms with Gasteiger partial charge in [-0.05, 0) is 42.2 Å². The van der Waals surface area contributed by atoms with Crippen molar-refractivity contribution in [3.8, 4) is 5.69 Å². The minimum Gasteiger partial charge on any atom is -0.326 e. The highest BCUT2D eigenvalue weighted by Crippen LogP contribution is 2.46. The summed E-state index contributed by atoms with van der Waals surface area (Å²) >= 11 is 1.93. The number of thiophene rings is 1. The van der Waals surface area contributed by atoms with Gasteiger partial charge in [0.2, 0.25) is 0 Å². The number of para-hydroxylation sites is 3. The first-order valence-electron chi connectivity index (χ1n) is 11.9. The molecule has 2 aromatic heterocycles. The van der Waals surface area contributed by atoms with E-state index in [0.29, 0.717) is 6.54 Å². The number of aryl methyl sites for hydroxylation is 1. The Labute approximate surface area is 202 Å². The molecule has 0 spiro atoms. The molecule has 2 N–H and O–H groups in total. The number of hydrogen-bond acceptors (Lipinski definition) is 2. The second-order valence-electron chi connectivity index (χ2n) is 8.94. The third-order valence-corrected chi connectivity index (χ3v) is 8.42. The first-order chi connectivity index (χ1) is 16.8. The van der Waals surface area contributed by atoms with Gasteiger partial charge in [0.05, 0.1) is 11.0 Å². The van der Waals surface area contributed by atoms with E-state index in [-0.39, 0.29) is 0 Å². The van der Waals surface area contributed by atoms with Gasteiger partial charge in [-0.3, -0.25) is 0 Å².